The van der Waals surface area contributed by atoms with Crippen molar-refractivity contribution in [3.05, 3.63) is 47.5 Å². The van der Waals surface area contributed by atoms with Crippen molar-refractivity contribution in [1.29, 1.82) is 0 Å². The van der Waals surface area contributed by atoms with Crippen molar-refractivity contribution in [2.75, 3.05) is 28.4 Å². The van der Waals surface area contributed by atoms with Crippen molar-refractivity contribution in [1.82, 2.24) is 0 Å². The SMILES string of the molecule is COc1ccccc1/C=C\c1cc(OC)c(OC)c(OC)c1. The van der Waals surface area contributed by atoms with Crippen LogP contribution >= 0.6 is 0 Å². The van der Waals surface area contributed by atoms with Crippen LogP contribution in [0.2, 0.25) is 0 Å². The zero-order valence-corrected chi connectivity index (χ0v) is 13.3. The topological polar surface area (TPSA) is 36.9 Å². The summed E-state index contributed by atoms with van der Waals surface area (Å²) in [5.41, 5.74) is 1.94. The Bertz CT molecular complexity index is 637. The summed E-state index contributed by atoms with van der Waals surface area (Å²) in [6.07, 6.45) is 3.96. The summed E-state index contributed by atoms with van der Waals surface area (Å²) in [5, 5.41) is 0. The summed E-state index contributed by atoms with van der Waals surface area (Å²) in [6, 6.07) is 11.6. The summed E-state index contributed by atoms with van der Waals surface area (Å²) in [5.74, 6) is 2.66. The third-order valence-electron chi connectivity index (χ3n) is 3.28. The molecule has 2 aromatic carbocycles. The third kappa shape index (κ3) is 3.34. The van der Waals surface area contributed by atoms with E-state index in [1.54, 1.807) is 28.4 Å². The number of rotatable bonds is 6. The molecule has 0 fully saturated rings. The average molecular weight is 300 g/mol. The zero-order valence-electron chi connectivity index (χ0n) is 13.3. The van der Waals surface area contributed by atoms with Gasteiger partial charge in [-0.3, -0.25) is 0 Å². The van der Waals surface area contributed by atoms with E-state index in [9.17, 15) is 0 Å². The predicted octanol–water partition coefficient (Wildman–Crippen LogP) is 3.89. The van der Waals surface area contributed by atoms with Crippen LogP contribution in [0.1, 0.15) is 11.1 Å². The van der Waals surface area contributed by atoms with Crippen molar-refractivity contribution < 1.29 is 18.9 Å². The molecule has 116 valence electrons. The van der Waals surface area contributed by atoms with Gasteiger partial charge in [0.05, 0.1) is 28.4 Å². The molecule has 0 bridgehead atoms. The van der Waals surface area contributed by atoms with E-state index in [1.807, 2.05) is 48.6 Å². The molecule has 4 heteroatoms. The third-order valence-corrected chi connectivity index (χ3v) is 3.28. The van der Waals surface area contributed by atoms with Gasteiger partial charge in [-0.1, -0.05) is 30.4 Å². The first-order chi connectivity index (χ1) is 10.7. The van der Waals surface area contributed by atoms with E-state index in [0.29, 0.717) is 17.2 Å². The molecule has 0 saturated carbocycles. The number of para-hydroxylation sites is 1. The Balaban J connectivity index is 2.39. The highest BCUT2D eigenvalue weighted by Gasteiger charge is 2.12. The molecule has 0 aliphatic heterocycles. The maximum atomic E-state index is 5.35. The molecule has 0 spiro atoms. The van der Waals surface area contributed by atoms with Crippen LogP contribution in [0.3, 0.4) is 0 Å². The van der Waals surface area contributed by atoms with Gasteiger partial charge >= 0.3 is 0 Å². The second-order valence-electron chi connectivity index (χ2n) is 4.53. The molecule has 0 N–H and O–H groups in total. The van der Waals surface area contributed by atoms with Crippen LogP contribution in [0, 0.1) is 0 Å². The molecule has 2 rings (SSSR count). The molecule has 0 aliphatic rings. The Hall–Kier alpha value is -2.62. The van der Waals surface area contributed by atoms with Gasteiger partial charge in [-0.25, -0.2) is 0 Å². The van der Waals surface area contributed by atoms with Crippen LogP contribution in [0.5, 0.6) is 23.0 Å². The maximum Gasteiger partial charge on any atom is 0.203 e. The molecule has 0 saturated heterocycles. The summed E-state index contributed by atoms with van der Waals surface area (Å²) < 4.78 is 21.4. The highest BCUT2D eigenvalue weighted by molar-refractivity contribution is 5.74. The van der Waals surface area contributed by atoms with Crippen LogP contribution < -0.4 is 18.9 Å². The highest BCUT2D eigenvalue weighted by atomic mass is 16.5. The summed E-state index contributed by atoms with van der Waals surface area (Å²) >= 11 is 0. The van der Waals surface area contributed by atoms with Crippen LogP contribution in [0.4, 0.5) is 0 Å². The van der Waals surface area contributed by atoms with Crippen molar-refractivity contribution in [2.24, 2.45) is 0 Å². The summed E-state index contributed by atoms with van der Waals surface area (Å²) in [4.78, 5) is 0. The van der Waals surface area contributed by atoms with Crippen molar-refractivity contribution >= 4 is 12.2 Å². The largest absolute Gasteiger partial charge is 0.496 e. The standard InChI is InChI=1S/C18H20O4/c1-19-15-8-6-5-7-14(15)10-9-13-11-16(20-2)18(22-4)17(12-13)21-3/h5-12H,1-4H3/b10-9-. The first-order valence-electron chi connectivity index (χ1n) is 6.84. The molecule has 0 heterocycles. The number of ether oxygens (including phenoxy) is 4. The number of benzene rings is 2. The lowest BCUT2D eigenvalue weighted by Crippen LogP contribution is -1.95. The number of methoxy groups -OCH3 is 4. The Morgan fingerprint density at radius 3 is 1.82 bits per heavy atom. The van der Waals surface area contributed by atoms with E-state index in [-0.39, 0.29) is 0 Å². The van der Waals surface area contributed by atoms with Gasteiger partial charge in [0.2, 0.25) is 5.75 Å². The molecule has 4 nitrogen and oxygen atoms in total. The minimum Gasteiger partial charge on any atom is -0.496 e. The fourth-order valence-corrected chi connectivity index (χ4v) is 2.19. The lowest BCUT2D eigenvalue weighted by Gasteiger charge is -2.13. The second-order valence-corrected chi connectivity index (χ2v) is 4.53. The van der Waals surface area contributed by atoms with Gasteiger partial charge in [0.25, 0.3) is 0 Å². The molecular formula is C18H20O4. The molecule has 2 aromatic rings. The number of hydrogen-bond acceptors (Lipinski definition) is 4. The number of hydrogen-bond donors (Lipinski definition) is 0. The Labute approximate surface area is 130 Å². The molecule has 22 heavy (non-hydrogen) atoms. The van der Waals surface area contributed by atoms with E-state index < -0.39 is 0 Å². The van der Waals surface area contributed by atoms with Crippen LogP contribution in [0.15, 0.2) is 36.4 Å². The van der Waals surface area contributed by atoms with Gasteiger partial charge in [-0.2, -0.15) is 0 Å². The van der Waals surface area contributed by atoms with Gasteiger partial charge < -0.3 is 18.9 Å². The van der Waals surface area contributed by atoms with Gasteiger partial charge in [0.15, 0.2) is 11.5 Å². The molecule has 0 unspecified atom stereocenters. The predicted molar refractivity (Wildman–Crippen MR) is 88.0 cm³/mol. The van der Waals surface area contributed by atoms with Crippen molar-refractivity contribution in [3.63, 3.8) is 0 Å². The fraction of sp³-hybridized carbons (Fsp3) is 0.222. The first-order valence-corrected chi connectivity index (χ1v) is 6.84. The Kier molecular flexibility index (Phi) is 5.31. The lowest BCUT2D eigenvalue weighted by atomic mass is 10.1. The minimum atomic E-state index is 0.583. The van der Waals surface area contributed by atoms with E-state index in [1.165, 1.54) is 0 Å². The molecule has 0 atom stereocenters. The monoisotopic (exact) mass is 300 g/mol. The van der Waals surface area contributed by atoms with E-state index in [0.717, 1.165) is 16.9 Å². The van der Waals surface area contributed by atoms with E-state index in [2.05, 4.69) is 0 Å². The molecule has 0 radical (unpaired) electrons. The first kappa shape index (κ1) is 15.8. The smallest absolute Gasteiger partial charge is 0.203 e. The normalized spacial score (nSPS) is 10.5. The molecular weight excluding hydrogens is 280 g/mol. The van der Waals surface area contributed by atoms with Crippen LogP contribution in [-0.4, -0.2) is 28.4 Å². The maximum absolute atomic E-state index is 5.35. The van der Waals surface area contributed by atoms with Crippen molar-refractivity contribution in [2.45, 2.75) is 0 Å². The van der Waals surface area contributed by atoms with Crippen LogP contribution in [-0.2, 0) is 0 Å². The zero-order chi connectivity index (χ0) is 15.9. The molecule has 0 aromatic heterocycles. The summed E-state index contributed by atoms with van der Waals surface area (Å²) in [7, 11) is 6.45. The van der Waals surface area contributed by atoms with Gasteiger partial charge in [-0.15, -0.1) is 0 Å². The Morgan fingerprint density at radius 1 is 0.682 bits per heavy atom. The lowest BCUT2D eigenvalue weighted by molar-refractivity contribution is 0.324. The second kappa shape index (κ2) is 7.41. The van der Waals surface area contributed by atoms with Gasteiger partial charge in [0, 0.05) is 5.56 Å². The minimum absolute atomic E-state index is 0.583. The highest BCUT2D eigenvalue weighted by Crippen LogP contribution is 2.38. The van der Waals surface area contributed by atoms with E-state index >= 15 is 0 Å². The van der Waals surface area contributed by atoms with Gasteiger partial charge in [0.1, 0.15) is 5.75 Å². The van der Waals surface area contributed by atoms with Crippen LogP contribution in [0.25, 0.3) is 12.2 Å². The van der Waals surface area contributed by atoms with E-state index in [4.69, 9.17) is 18.9 Å². The van der Waals surface area contributed by atoms with Crippen molar-refractivity contribution in [3.8, 4) is 23.0 Å². The quantitative estimate of drug-likeness (QED) is 0.758. The van der Waals surface area contributed by atoms with Gasteiger partial charge in [-0.05, 0) is 23.8 Å². The summed E-state index contributed by atoms with van der Waals surface area (Å²) in [6.45, 7) is 0. The Morgan fingerprint density at radius 2 is 1.27 bits per heavy atom. The average Bonchev–Trinajstić information content (AvgIpc) is 2.58. The fourth-order valence-electron chi connectivity index (χ4n) is 2.19. The molecule has 0 amide bonds. The molecule has 0 aliphatic carbocycles.